The number of aromatic nitrogens is 1. The number of benzene rings is 2. The maximum atomic E-state index is 12.8. The van der Waals surface area contributed by atoms with Crippen molar-refractivity contribution in [2.75, 3.05) is 13.1 Å². The first-order chi connectivity index (χ1) is 14.7. The molecule has 0 bridgehead atoms. The average Bonchev–Trinajstić information content (AvgIpc) is 3.08. The summed E-state index contributed by atoms with van der Waals surface area (Å²) in [5.41, 5.74) is 3.63. The first kappa shape index (κ1) is 22.9. The van der Waals surface area contributed by atoms with Crippen LogP contribution in [0.5, 0.6) is 0 Å². The normalized spacial score (nSPS) is 12.5. The van der Waals surface area contributed by atoms with Crippen LogP contribution in [0.25, 0.3) is 10.2 Å². The Morgan fingerprint density at radius 2 is 1.65 bits per heavy atom. The lowest BCUT2D eigenvalue weighted by molar-refractivity contribution is 0.0998. The average molecular weight is 456 g/mol. The van der Waals surface area contributed by atoms with Crippen LogP contribution in [-0.2, 0) is 17.1 Å². The quantitative estimate of drug-likeness (QED) is 0.506. The fraction of sp³-hybridized carbons (Fsp3) is 0.217. The Labute approximate surface area is 186 Å². The standard InChI is InChI=1S/C23H25N3O3S2/c1-6-14-26(15-7-2)31(28,29)19-12-10-18(11-13-19)22(27)24-23-25(5)20-16(3)8-9-17(4)21(20)30-23/h6-13H,1-2,14-15H2,3-5H3. The molecule has 1 heterocycles. The van der Waals surface area contributed by atoms with Crippen LogP contribution in [0.15, 0.2) is 71.6 Å². The van der Waals surface area contributed by atoms with Gasteiger partial charge in [0, 0.05) is 25.7 Å². The van der Waals surface area contributed by atoms with Crippen LogP contribution in [0.2, 0.25) is 0 Å². The second-order valence-electron chi connectivity index (χ2n) is 7.16. The van der Waals surface area contributed by atoms with E-state index in [1.807, 2.05) is 25.5 Å². The monoisotopic (exact) mass is 455 g/mol. The van der Waals surface area contributed by atoms with Gasteiger partial charge in [0.25, 0.3) is 5.91 Å². The largest absolute Gasteiger partial charge is 0.319 e. The van der Waals surface area contributed by atoms with Crippen molar-refractivity contribution >= 4 is 37.5 Å². The van der Waals surface area contributed by atoms with E-state index in [4.69, 9.17) is 0 Å². The molecule has 0 spiro atoms. The van der Waals surface area contributed by atoms with Crippen molar-refractivity contribution in [2.24, 2.45) is 12.0 Å². The highest BCUT2D eigenvalue weighted by atomic mass is 32.2. The van der Waals surface area contributed by atoms with Gasteiger partial charge in [0.2, 0.25) is 10.0 Å². The van der Waals surface area contributed by atoms with Crippen molar-refractivity contribution in [2.45, 2.75) is 18.7 Å². The zero-order chi connectivity index (χ0) is 22.8. The number of rotatable bonds is 7. The number of carbonyl (C=O) groups is 1. The molecule has 0 saturated heterocycles. The van der Waals surface area contributed by atoms with Crippen molar-refractivity contribution in [1.29, 1.82) is 0 Å². The van der Waals surface area contributed by atoms with Gasteiger partial charge < -0.3 is 4.57 Å². The van der Waals surface area contributed by atoms with E-state index in [1.54, 1.807) is 0 Å². The van der Waals surface area contributed by atoms with Gasteiger partial charge in [-0.05, 0) is 49.2 Å². The van der Waals surface area contributed by atoms with E-state index in [9.17, 15) is 13.2 Å². The molecule has 162 valence electrons. The summed E-state index contributed by atoms with van der Waals surface area (Å²) in [4.78, 5) is 17.7. The number of hydrogen-bond donors (Lipinski definition) is 0. The SMILES string of the molecule is C=CCN(CC=C)S(=O)(=O)c1ccc(C(=O)N=c2sc3c(C)ccc(C)c3n2C)cc1. The number of carbonyl (C=O) groups excluding carboxylic acids is 1. The van der Waals surface area contributed by atoms with Crippen molar-refractivity contribution < 1.29 is 13.2 Å². The van der Waals surface area contributed by atoms with E-state index in [0.29, 0.717) is 10.4 Å². The molecule has 2 aromatic carbocycles. The second-order valence-corrected chi connectivity index (χ2v) is 10.1. The molecule has 0 aliphatic heterocycles. The van der Waals surface area contributed by atoms with Crippen LogP contribution in [0, 0.1) is 13.8 Å². The summed E-state index contributed by atoms with van der Waals surface area (Å²) in [6.45, 7) is 11.6. The highest BCUT2D eigenvalue weighted by Crippen LogP contribution is 2.24. The van der Waals surface area contributed by atoms with Gasteiger partial charge in [0.05, 0.1) is 15.1 Å². The molecule has 0 radical (unpaired) electrons. The molecule has 0 atom stereocenters. The summed E-state index contributed by atoms with van der Waals surface area (Å²) in [7, 11) is -1.82. The Morgan fingerprint density at radius 3 is 2.19 bits per heavy atom. The zero-order valence-electron chi connectivity index (χ0n) is 17.8. The van der Waals surface area contributed by atoms with Crippen molar-refractivity contribution in [3.8, 4) is 0 Å². The summed E-state index contributed by atoms with van der Waals surface area (Å²) in [5.74, 6) is -0.421. The number of aryl methyl sites for hydroxylation is 3. The van der Waals surface area contributed by atoms with E-state index in [-0.39, 0.29) is 18.0 Å². The lowest BCUT2D eigenvalue weighted by Gasteiger charge is -2.19. The summed E-state index contributed by atoms with van der Waals surface area (Å²) in [6, 6.07) is 9.94. The Morgan fingerprint density at radius 1 is 1.06 bits per heavy atom. The van der Waals surface area contributed by atoms with E-state index >= 15 is 0 Å². The topological polar surface area (TPSA) is 71.7 Å². The lowest BCUT2D eigenvalue weighted by atomic mass is 10.1. The van der Waals surface area contributed by atoms with Crippen molar-refractivity contribution in [3.63, 3.8) is 0 Å². The van der Waals surface area contributed by atoms with Gasteiger partial charge in [-0.1, -0.05) is 35.6 Å². The minimum atomic E-state index is -3.71. The summed E-state index contributed by atoms with van der Waals surface area (Å²) in [5, 5.41) is 0. The van der Waals surface area contributed by atoms with Crippen LogP contribution in [0.3, 0.4) is 0 Å². The minimum Gasteiger partial charge on any atom is -0.319 e. The Kier molecular flexibility index (Phi) is 6.74. The van der Waals surface area contributed by atoms with E-state index in [1.165, 1.54) is 52.1 Å². The molecule has 0 aliphatic carbocycles. The fourth-order valence-corrected chi connectivity index (χ4v) is 5.84. The van der Waals surface area contributed by atoms with E-state index < -0.39 is 15.9 Å². The molecule has 1 aromatic heterocycles. The number of sulfonamides is 1. The summed E-state index contributed by atoms with van der Waals surface area (Å²) in [6.07, 6.45) is 3.04. The Bertz CT molecular complexity index is 1320. The van der Waals surface area contributed by atoms with Crippen molar-refractivity contribution in [3.05, 3.63) is 83.2 Å². The highest BCUT2D eigenvalue weighted by molar-refractivity contribution is 7.89. The molecule has 0 saturated carbocycles. The molecule has 8 heteroatoms. The maximum absolute atomic E-state index is 12.8. The first-order valence-corrected chi connectivity index (χ1v) is 11.9. The molecule has 0 aliphatic rings. The van der Waals surface area contributed by atoms with E-state index in [2.05, 4.69) is 30.3 Å². The molecule has 1 amide bonds. The van der Waals surface area contributed by atoms with Gasteiger partial charge in [-0.15, -0.1) is 13.2 Å². The van der Waals surface area contributed by atoms with Crippen LogP contribution in [0.4, 0.5) is 0 Å². The molecular weight excluding hydrogens is 430 g/mol. The number of fused-ring (bicyclic) bond motifs is 1. The third-order valence-corrected chi connectivity index (χ3v) is 8.06. The first-order valence-electron chi connectivity index (χ1n) is 9.67. The smallest absolute Gasteiger partial charge is 0.279 e. The van der Waals surface area contributed by atoms with E-state index in [0.717, 1.165) is 21.3 Å². The number of thiazole rings is 1. The number of amides is 1. The minimum absolute atomic E-state index is 0.103. The predicted octanol–water partition coefficient (Wildman–Crippen LogP) is 3.96. The molecule has 3 rings (SSSR count). The van der Waals surface area contributed by atoms with Gasteiger partial charge in [0.1, 0.15) is 0 Å². The molecule has 0 unspecified atom stereocenters. The van der Waals surface area contributed by atoms with Crippen LogP contribution in [-0.4, -0.2) is 36.3 Å². The molecule has 3 aromatic rings. The second kappa shape index (κ2) is 9.13. The number of nitrogens with zero attached hydrogens (tertiary/aromatic N) is 3. The predicted molar refractivity (Wildman–Crippen MR) is 126 cm³/mol. The van der Waals surface area contributed by atoms with Gasteiger partial charge >= 0.3 is 0 Å². The molecule has 0 fully saturated rings. The lowest BCUT2D eigenvalue weighted by Crippen LogP contribution is -2.31. The molecule has 31 heavy (non-hydrogen) atoms. The van der Waals surface area contributed by atoms with Crippen LogP contribution < -0.4 is 4.80 Å². The van der Waals surface area contributed by atoms with Gasteiger partial charge in [-0.2, -0.15) is 9.30 Å². The molecule has 6 nitrogen and oxygen atoms in total. The summed E-state index contributed by atoms with van der Waals surface area (Å²) >= 11 is 1.46. The maximum Gasteiger partial charge on any atom is 0.279 e. The zero-order valence-corrected chi connectivity index (χ0v) is 19.5. The fourth-order valence-electron chi connectivity index (χ4n) is 3.30. The molecular formula is C23H25N3O3S2. The van der Waals surface area contributed by atoms with Crippen LogP contribution >= 0.6 is 11.3 Å². The number of hydrogen-bond acceptors (Lipinski definition) is 4. The Hall–Kier alpha value is -2.81. The van der Waals surface area contributed by atoms with Crippen LogP contribution in [0.1, 0.15) is 21.5 Å². The highest BCUT2D eigenvalue weighted by Gasteiger charge is 2.22. The Balaban J connectivity index is 1.96. The third-order valence-electron chi connectivity index (χ3n) is 4.95. The van der Waals surface area contributed by atoms with Crippen molar-refractivity contribution in [1.82, 2.24) is 8.87 Å². The third kappa shape index (κ3) is 4.46. The van der Waals surface area contributed by atoms with Gasteiger partial charge in [-0.25, -0.2) is 8.42 Å². The van der Waals surface area contributed by atoms with Gasteiger partial charge in [-0.3, -0.25) is 4.79 Å². The van der Waals surface area contributed by atoms with Gasteiger partial charge in [0.15, 0.2) is 4.80 Å². The summed E-state index contributed by atoms with van der Waals surface area (Å²) < 4.78 is 29.9. The molecule has 0 N–H and O–H groups in total.